The summed E-state index contributed by atoms with van der Waals surface area (Å²) in [5.74, 6) is 0.697. The van der Waals surface area contributed by atoms with Gasteiger partial charge in [0.1, 0.15) is 11.5 Å². The Morgan fingerprint density at radius 2 is 1.73 bits per heavy atom. The molecule has 0 fully saturated rings. The van der Waals surface area contributed by atoms with Crippen molar-refractivity contribution in [3.05, 3.63) is 83.0 Å². The Morgan fingerprint density at radius 1 is 1.04 bits per heavy atom. The van der Waals surface area contributed by atoms with E-state index in [-0.39, 0.29) is 0 Å². The van der Waals surface area contributed by atoms with E-state index in [2.05, 4.69) is 15.3 Å². The van der Waals surface area contributed by atoms with Crippen LogP contribution in [0, 0.1) is 11.7 Å². The van der Waals surface area contributed by atoms with Crippen molar-refractivity contribution in [2.75, 3.05) is 0 Å². The fourth-order valence-electron chi connectivity index (χ4n) is 2.64. The topological polar surface area (TPSA) is 63.8 Å². The first-order chi connectivity index (χ1) is 12.7. The summed E-state index contributed by atoms with van der Waals surface area (Å²) >= 11 is 5.21. The fourth-order valence-corrected chi connectivity index (χ4v) is 2.87. The minimum atomic E-state index is 0.454. The Bertz CT molecular complexity index is 1110. The number of hydrogen-bond donors (Lipinski definition) is 1. The molecule has 4 aromatic rings. The van der Waals surface area contributed by atoms with Crippen LogP contribution < -0.4 is 0 Å². The van der Waals surface area contributed by atoms with Crippen molar-refractivity contribution in [2.45, 2.75) is 6.92 Å². The third-order valence-corrected chi connectivity index (χ3v) is 4.20. The zero-order chi connectivity index (χ0) is 17.9. The highest BCUT2D eigenvalue weighted by atomic mass is 32.1. The summed E-state index contributed by atoms with van der Waals surface area (Å²) in [6.07, 6.45) is 3.72. The van der Waals surface area contributed by atoms with Crippen LogP contribution >= 0.6 is 12.2 Å². The lowest BCUT2D eigenvalue weighted by Crippen LogP contribution is -1.94. The molecule has 0 aliphatic carbocycles. The number of para-hydroxylation sites is 1. The molecule has 0 spiro atoms. The fraction of sp³-hybridized carbons (Fsp3) is 0.0526. The quantitative estimate of drug-likeness (QED) is 0.442. The summed E-state index contributed by atoms with van der Waals surface area (Å²) in [5, 5.41) is 16.0. The van der Waals surface area contributed by atoms with Crippen LogP contribution in [0.5, 0.6) is 0 Å². The van der Waals surface area contributed by atoms with Crippen LogP contribution in [-0.2, 0) is 0 Å². The van der Waals surface area contributed by atoms with Crippen LogP contribution in [0.4, 0.5) is 0 Å². The van der Waals surface area contributed by atoms with Gasteiger partial charge in [0.25, 0.3) is 0 Å². The maximum Gasteiger partial charge on any atom is 0.216 e. The second kappa shape index (κ2) is 6.89. The third kappa shape index (κ3) is 3.12. The molecule has 0 saturated heterocycles. The molecule has 2 aromatic heterocycles. The van der Waals surface area contributed by atoms with Crippen molar-refractivity contribution in [1.82, 2.24) is 24.7 Å². The minimum Gasteiger partial charge on any atom is -0.250 e. The number of aromatic amines is 1. The maximum atomic E-state index is 5.21. The molecule has 2 heterocycles. The highest BCUT2D eigenvalue weighted by Gasteiger charge is 2.11. The van der Waals surface area contributed by atoms with Crippen LogP contribution in [0.15, 0.2) is 72.0 Å². The number of aryl methyl sites for hydroxylation is 1. The van der Waals surface area contributed by atoms with E-state index in [4.69, 9.17) is 17.3 Å². The Balaban J connectivity index is 1.82. The molecular formula is C19H16N6S. The summed E-state index contributed by atoms with van der Waals surface area (Å²) in [4.78, 5) is 0. The maximum absolute atomic E-state index is 5.21. The molecule has 0 saturated carbocycles. The van der Waals surface area contributed by atoms with Gasteiger partial charge in [0, 0.05) is 17.3 Å². The van der Waals surface area contributed by atoms with Gasteiger partial charge in [-0.15, -0.1) is 0 Å². The number of rotatable bonds is 4. The van der Waals surface area contributed by atoms with Gasteiger partial charge in [-0.1, -0.05) is 48.5 Å². The van der Waals surface area contributed by atoms with Gasteiger partial charge in [0.05, 0.1) is 11.9 Å². The molecule has 26 heavy (non-hydrogen) atoms. The number of nitrogens with one attached hydrogen (secondary N) is 1. The van der Waals surface area contributed by atoms with Gasteiger partial charge in [0.15, 0.2) is 0 Å². The van der Waals surface area contributed by atoms with E-state index in [0.717, 1.165) is 22.5 Å². The van der Waals surface area contributed by atoms with E-state index in [1.54, 1.807) is 10.9 Å². The van der Waals surface area contributed by atoms with Gasteiger partial charge in [-0.05, 0) is 31.3 Å². The molecule has 0 aliphatic rings. The summed E-state index contributed by atoms with van der Waals surface area (Å²) in [7, 11) is 0. The van der Waals surface area contributed by atoms with Gasteiger partial charge in [-0.25, -0.2) is 4.68 Å². The van der Waals surface area contributed by atoms with Crippen molar-refractivity contribution >= 4 is 18.4 Å². The number of nitrogens with zero attached hydrogens (tertiary/aromatic N) is 5. The van der Waals surface area contributed by atoms with E-state index in [9.17, 15) is 0 Å². The highest BCUT2D eigenvalue weighted by Crippen LogP contribution is 2.22. The molecule has 0 bridgehead atoms. The van der Waals surface area contributed by atoms with Gasteiger partial charge >= 0.3 is 0 Å². The van der Waals surface area contributed by atoms with Crippen LogP contribution in [-0.4, -0.2) is 30.9 Å². The van der Waals surface area contributed by atoms with Crippen LogP contribution in [0.2, 0.25) is 0 Å². The second-order valence-electron chi connectivity index (χ2n) is 5.71. The lowest BCUT2D eigenvalue weighted by Gasteiger charge is -2.00. The van der Waals surface area contributed by atoms with Crippen LogP contribution in [0.1, 0.15) is 11.4 Å². The molecule has 6 nitrogen and oxygen atoms in total. The molecule has 0 radical (unpaired) electrons. The summed E-state index contributed by atoms with van der Waals surface area (Å²) in [6.45, 7) is 1.84. The van der Waals surface area contributed by atoms with Crippen LogP contribution in [0.3, 0.4) is 0 Å². The zero-order valence-electron chi connectivity index (χ0n) is 14.1. The van der Waals surface area contributed by atoms with E-state index < -0.39 is 0 Å². The third-order valence-electron chi connectivity index (χ3n) is 3.94. The number of H-pyrrole nitrogens is 1. The van der Waals surface area contributed by atoms with Crippen molar-refractivity contribution in [3.63, 3.8) is 0 Å². The SMILES string of the molecule is Cc1n[nH]c(=S)n1/N=C/c1cn(-c2ccccc2)nc1-c1ccccc1. The second-order valence-corrected chi connectivity index (χ2v) is 6.10. The van der Waals surface area contributed by atoms with E-state index in [1.165, 1.54) is 0 Å². The standard InChI is InChI=1S/C19H16N6S/c1-14-21-22-19(26)25(14)20-12-16-13-24(17-10-6-3-7-11-17)23-18(16)15-8-4-2-5-9-15/h2-13H,1H3,(H,22,26)/b20-12+. The zero-order valence-corrected chi connectivity index (χ0v) is 14.9. The first kappa shape index (κ1) is 16.2. The molecule has 128 valence electrons. The normalized spacial score (nSPS) is 11.3. The predicted molar refractivity (Wildman–Crippen MR) is 104 cm³/mol. The summed E-state index contributed by atoms with van der Waals surface area (Å²) in [6, 6.07) is 20.0. The van der Waals surface area contributed by atoms with E-state index >= 15 is 0 Å². The Hall–Kier alpha value is -3.32. The average Bonchev–Trinajstić information content (AvgIpc) is 3.25. The largest absolute Gasteiger partial charge is 0.250 e. The Labute approximate surface area is 155 Å². The molecule has 2 aromatic carbocycles. The monoisotopic (exact) mass is 360 g/mol. The van der Waals surface area contributed by atoms with Gasteiger partial charge < -0.3 is 0 Å². The molecule has 0 aliphatic heterocycles. The Kier molecular flexibility index (Phi) is 4.28. The lowest BCUT2D eigenvalue weighted by atomic mass is 10.1. The van der Waals surface area contributed by atoms with E-state index in [0.29, 0.717) is 10.6 Å². The summed E-state index contributed by atoms with van der Waals surface area (Å²) < 4.78 is 3.89. The van der Waals surface area contributed by atoms with Crippen molar-refractivity contribution < 1.29 is 0 Å². The predicted octanol–water partition coefficient (Wildman–Crippen LogP) is 3.98. The minimum absolute atomic E-state index is 0.454. The van der Waals surface area contributed by atoms with Crippen molar-refractivity contribution in [1.29, 1.82) is 0 Å². The molecule has 4 rings (SSSR count). The molecule has 0 unspecified atom stereocenters. The van der Waals surface area contributed by atoms with Crippen molar-refractivity contribution in [3.8, 4) is 16.9 Å². The van der Waals surface area contributed by atoms with Gasteiger partial charge in [0.2, 0.25) is 4.77 Å². The first-order valence-corrected chi connectivity index (χ1v) is 8.52. The first-order valence-electron chi connectivity index (χ1n) is 8.11. The Morgan fingerprint density at radius 3 is 2.38 bits per heavy atom. The molecule has 0 atom stereocenters. The molecule has 7 heteroatoms. The molecule has 1 N–H and O–H groups in total. The van der Waals surface area contributed by atoms with Gasteiger partial charge in [-0.3, -0.25) is 5.10 Å². The number of hydrogen-bond acceptors (Lipinski definition) is 4. The lowest BCUT2D eigenvalue weighted by molar-refractivity contribution is 0.821. The van der Waals surface area contributed by atoms with Crippen LogP contribution in [0.25, 0.3) is 16.9 Å². The molecular weight excluding hydrogens is 344 g/mol. The van der Waals surface area contributed by atoms with E-state index in [1.807, 2.05) is 78.5 Å². The smallest absolute Gasteiger partial charge is 0.216 e. The summed E-state index contributed by atoms with van der Waals surface area (Å²) in [5.41, 5.74) is 3.75. The highest BCUT2D eigenvalue weighted by molar-refractivity contribution is 7.71. The number of aromatic nitrogens is 5. The average molecular weight is 360 g/mol. The van der Waals surface area contributed by atoms with Crippen molar-refractivity contribution in [2.24, 2.45) is 5.10 Å². The van der Waals surface area contributed by atoms with Gasteiger partial charge in [-0.2, -0.15) is 20.0 Å². The number of benzene rings is 2. The molecule has 0 amide bonds.